The van der Waals surface area contributed by atoms with Crippen LogP contribution in [0, 0.1) is 0 Å². The van der Waals surface area contributed by atoms with Crippen LogP contribution in [0.2, 0.25) is 0 Å². The van der Waals surface area contributed by atoms with E-state index < -0.39 is 0 Å². The molecule has 1 aromatic carbocycles. The molecule has 2 heterocycles. The van der Waals surface area contributed by atoms with Crippen LogP contribution in [-0.2, 0) is 0 Å². The van der Waals surface area contributed by atoms with Crippen molar-refractivity contribution in [2.24, 2.45) is 0 Å². The van der Waals surface area contributed by atoms with E-state index in [1.807, 2.05) is 0 Å². The van der Waals surface area contributed by atoms with Crippen molar-refractivity contribution in [1.29, 1.82) is 0 Å². The Bertz CT molecular complexity index is 417. The quantitative estimate of drug-likeness (QED) is 0.912. The van der Waals surface area contributed by atoms with Crippen LogP contribution in [0.1, 0.15) is 44.2 Å². The Morgan fingerprint density at radius 1 is 1.21 bits per heavy atom. The summed E-state index contributed by atoms with van der Waals surface area (Å²) >= 11 is 3.53. The number of halogens is 1. The molecule has 2 aliphatic rings. The van der Waals surface area contributed by atoms with Gasteiger partial charge in [-0.15, -0.1) is 0 Å². The molecule has 104 valence electrons. The molecule has 2 aliphatic heterocycles. The molecular formula is C16H23BrN2. The Balaban J connectivity index is 1.76. The van der Waals surface area contributed by atoms with Crippen LogP contribution < -0.4 is 5.32 Å². The normalized spacial score (nSPS) is 29.2. The summed E-state index contributed by atoms with van der Waals surface area (Å²) < 4.78 is 1.17. The number of fused-ring (bicyclic) bond motifs is 2. The van der Waals surface area contributed by atoms with Gasteiger partial charge in [0.15, 0.2) is 0 Å². The summed E-state index contributed by atoms with van der Waals surface area (Å²) in [5, 5.41) is 3.77. The maximum absolute atomic E-state index is 3.77. The first kappa shape index (κ1) is 13.6. The highest BCUT2D eigenvalue weighted by atomic mass is 79.9. The van der Waals surface area contributed by atoms with E-state index in [1.54, 1.807) is 0 Å². The molecule has 3 rings (SSSR count). The van der Waals surface area contributed by atoms with Gasteiger partial charge in [0, 0.05) is 35.7 Å². The predicted molar refractivity (Wildman–Crippen MR) is 83.3 cm³/mol. The molecule has 3 atom stereocenters. The average molecular weight is 323 g/mol. The number of hydrogen-bond acceptors (Lipinski definition) is 2. The molecule has 2 nitrogen and oxygen atoms in total. The molecule has 0 aliphatic carbocycles. The van der Waals surface area contributed by atoms with Crippen molar-refractivity contribution in [3.8, 4) is 0 Å². The number of rotatable bonds is 3. The second-order valence-electron chi connectivity index (χ2n) is 5.90. The van der Waals surface area contributed by atoms with Crippen molar-refractivity contribution in [2.75, 3.05) is 13.1 Å². The third-order valence-electron chi connectivity index (χ3n) is 4.64. The van der Waals surface area contributed by atoms with Gasteiger partial charge in [0.05, 0.1) is 0 Å². The summed E-state index contributed by atoms with van der Waals surface area (Å²) in [7, 11) is 0. The molecule has 2 saturated heterocycles. The second kappa shape index (κ2) is 5.94. The van der Waals surface area contributed by atoms with Crippen molar-refractivity contribution in [3.05, 3.63) is 34.3 Å². The lowest BCUT2D eigenvalue weighted by Crippen LogP contribution is -2.37. The van der Waals surface area contributed by atoms with Crippen LogP contribution in [0.5, 0.6) is 0 Å². The first-order chi connectivity index (χ1) is 9.26. The number of nitrogens with one attached hydrogen (secondary N) is 1. The second-order valence-corrected chi connectivity index (χ2v) is 6.81. The van der Waals surface area contributed by atoms with Gasteiger partial charge in [-0.3, -0.25) is 4.90 Å². The van der Waals surface area contributed by atoms with Crippen molar-refractivity contribution in [1.82, 2.24) is 10.2 Å². The van der Waals surface area contributed by atoms with E-state index in [2.05, 4.69) is 57.3 Å². The molecule has 2 bridgehead atoms. The Hall–Kier alpha value is -0.380. The van der Waals surface area contributed by atoms with Crippen LogP contribution in [-0.4, -0.2) is 30.1 Å². The Labute approximate surface area is 124 Å². The van der Waals surface area contributed by atoms with Gasteiger partial charge in [0.1, 0.15) is 0 Å². The van der Waals surface area contributed by atoms with Gasteiger partial charge in [0.2, 0.25) is 0 Å². The van der Waals surface area contributed by atoms with E-state index in [9.17, 15) is 0 Å². The maximum Gasteiger partial charge on any atom is 0.0346 e. The fourth-order valence-corrected chi connectivity index (χ4v) is 3.91. The van der Waals surface area contributed by atoms with E-state index in [-0.39, 0.29) is 0 Å². The summed E-state index contributed by atoms with van der Waals surface area (Å²) in [4.78, 5) is 2.69. The van der Waals surface area contributed by atoms with E-state index in [4.69, 9.17) is 0 Å². The molecule has 0 saturated carbocycles. The highest BCUT2D eigenvalue weighted by Crippen LogP contribution is 2.30. The maximum atomic E-state index is 3.77. The minimum absolute atomic E-state index is 0.578. The summed E-state index contributed by atoms with van der Waals surface area (Å²) in [5.74, 6) is 0. The summed E-state index contributed by atoms with van der Waals surface area (Å²) in [5.41, 5.74) is 1.46. The van der Waals surface area contributed by atoms with Gasteiger partial charge in [-0.05, 0) is 43.4 Å². The number of benzene rings is 1. The first-order valence-electron chi connectivity index (χ1n) is 7.52. The third kappa shape index (κ3) is 3.04. The van der Waals surface area contributed by atoms with Crippen LogP contribution in [0.25, 0.3) is 0 Å². The zero-order valence-corrected chi connectivity index (χ0v) is 13.2. The third-order valence-corrected chi connectivity index (χ3v) is 5.17. The Kier molecular flexibility index (Phi) is 4.25. The molecule has 1 aromatic rings. The van der Waals surface area contributed by atoms with Crippen molar-refractivity contribution in [2.45, 2.75) is 50.7 Å². The van der Waals surface area contributed by atoms with E-state index >= 15 is 0 Å². The molecule has 0 amide bonds. The molecule has 0 spiro atoms. The summed E-state index contributed by atoms with van der Waals surface area (Å²) in [6.45, 7) is 4.76. The highest BCUT2D eigenvalue weighted by molar-refractivity contribution is 9.10. The van der Waals surface area contributed by atoms with Crippen LogP contribution in [0.15, 0.2) is 28.7 Å². The van der Waals surface area contributed by atoms with E-state index in [0.717, 1.165) is 12.1 Å². The smallest absolute Gasteiger partial charge is 0.0346 e. The molecular weight excluding hydrogens is 300 g/mol. The van der Waals surface area contributed by atoms with Crippen molar-refractivity contribution < 1.29 is 0 Å². The lowest BCUT2D eigenvalue weighted by molar-refractivity contribution is 0.182. The van der Waals surface area contributed by atoms with Gasteiger partial charge in [-0.1, -0.05) is 35.0 Å². The minimum atomic E-state index is 0.578. The SMILES string of the molecule is CCC(c1ccc(Br)cc1)N1CCC2CCC(C1)N2. The van der Waals surface area contributed by atoms with Crippen molar-refractivity contribution >= 4 is 15.9 Å². The highest BCUT2D eigenvalue weighted by Gasteiger charge is 2.31. The molecule has 0 radical (unpaired) electrons. The largest absolute Gasteiger partial charge is 0.310 e. The predicted octanol–water partition coefficient (Wildman–Crippen LogP) is 3.73. The standard InChI is InChI=1S/C16H23BrN2/c1-2-16(12-3-5-13(17)6-4-12)19-10-9-14-7-8-15(11-19)18-14/h3-6,14-16,18H,2,7-11H2,1H3. The van der Waals surface area contributed by atoms with E-state index in [0.29, 0.717) is 6.04 Å². The van der Waals surface area contributed by atoms with Gasteiger partial charge < -0.3 is 5.32 Å². The fraction of sp³-hybridized carbons (Fsp3) is 0.625. The molecule has 2 fully saturated rings. The molecule has 3 unspecified atom stereocenters. The summed E-state index contributed by atoms with van der Waals surface area (Å²) in [6, 6.07) is 11.0. The lowest BCUT2D eigenvalue weighted by atomic mass is 10.00. The topological polar surface area (TPSA) is 15.3 Å². The number of nitrogens with zero attached hydrogens (tertiary/aromatic N) is 1. The van der Waals surface area contributed by atoms with Gasteiger partial charge in [-0.2, -0.15) is 0 Å². The Morgan fingerprint density at radius 2 is 1.95 bits per heavy atom. The van der Waals surface area contributed by atoms with Gasteiger partial charge >= 0.3 is 0 Å². The zero-order chi connectivity index (χ0) is 13.2. The lowest BCUT2D eigenvalue weighted by Gasteiger charge is -2.32. The first-order valence-corrected chi connectivity index (χ1v) is 8.31. The summed E-state index contributed by atoms with van der Waals surface area (Å²) in [6.07, 6.45) is 5.24. The van der Waals surface area contributed by atoms with Crippen LogP contribution >= 0.6 is 15.9 Å². The Morgan fingerprint density at radius 3 is 2.68 bits per heavy atom. The van der Waals surface area contributed by atoms with Crippen LogP contribution in [0.3, 0.4) is 0 Å². The monoisotopic (exact) mass is 322 g/mol. The zero-order valence-electron chi connectivity index (χ0n) is 11.6. The molecule has 3 heteroatoms. The fourth-order valence-electron chi connectivity index (χ4n) is 3.64. The average Bonchev–Trinajstić information content (AvgIpc) is 2.74. The number of hydrogen-bond donors (Lipinski definition) is 1. The van der Waals surface area contributed by atoms with Gasteiger partial charge in [0.25, 0.3) is 0 Å². The number of likely N-dealkylation sites (tertiary alicyclic amines) is 1. The minimum Gasteiger partial charge on any atom is -0.310 e. The van der Waals surface area contributed by atoms with Crippen LogP contribution in [0.4, 0.5) is 0 Å². The van der Waals surface area contributed by atoms with Gasteiger partial charge in [-0.25, -0.2) is 0 Å². The van der Waals surface area contributed by atoms with Crippen molar-refractivity contribution in [3.63, 3.8) is 0 Å². The molecule has 1 N–H and O–H groups in total. The molecule has 0 aromatic heterocycles. The molecule has 19 heavy (non-hydrogen) atoms. The van der Waals surface area contributed by atoms with E-state index in [1.165, 1.54) is 48.8 Å².